The molecule has 102 valence electrons. The SMILES string of the molecule is CC(C)C(NC(=O)C1CC1C(=O)O)c1ccccc1. The molecule has 1 aliphatic carbocycles. The molecule has 0 bridgehead atoms. The minimum atomic E-state index is -0.874. The number of carbonyl (C=O) groups excluding carboxylic acids is 1. The predicted octanol–water partition coefficient (Wildman–Crippen LogP) is 2.22. The highest BCUT2D eigenvalue weighted by atomic mass is 16.4. The molecule has 1 aromatic rings. The number of aliphatic carboxylic acids is 1. The average Bonchev–Trinajstić information content (AvgIpc) is 3.16. The van der Waals surface area contributed by atoms with E-state index in [0.29, 0.717) is 6.42 Å². The summed E-state index contributed by atoms with van der Waals surface area (Å²) in [6, 6.07) is 9.70. The third-order valence-electron chi connectivity index (χ3n) is 3.57. The number of carboxylic acid groups (broad SMARTS) is 1. The lowest BCUT2D eigenvalue weighted by atomic mass is 9.96. The van der Waals surface area contributed by atoms with Crippen molar-refractivity contribution in [2.24, 2.45) is 17.8 Å². The lowest BCUT2D eigenvalue weighted by Crippen LogP contribution is -2.33. The fourth-order valence-corrected chi connectivity index (χ4v) is 2.31. The van der Waals surface area contributed by atoms with Gasteiger partial charge >= 0.3 is 5.97 Å². The molecule has 1 amide bonds. The first-order valence-electron chi connectivity index (χ1n) is 6.59. The van der Waals surface area contributed by atoms with Gasteiger partial charge in [0.05, 0.1) is 17.9 Å². The zero-order valence-electron chi connectivity index (χ0n) is 11.2. The number of carbonyl (C=O) groups is 2. The van der Waals surface area contributed by atoms with E-state index in [1.54, 1.807) is 0 Å². The van der Waals surface area contributed by atoms with Gasteiger partial charge in [0, 0.05) is 0 Å². The van der Waals surface area contributed by atoms with E-state index in [2.05, 4.69) is 5.32 Å². The van der Waals surface area contributed by atoms with Crippen LogP contribution in [-0.2, 0) is 9.59 Å². The Balaban J connectivity index is 2.03. The van der Waals surface area contributed by atoms with Gasteiger partial charge in [-0.25, -0.2) is 0 Å². The highest BCUT2D eigenvalue weighted by molar-refractivity contribution is 5.89. The van der Waals surface area contributed by atoms with Crippen LogP contribution in [0.3, 0.4) is 0 Å². The minimum Gasteiger partial charge on any atom is -0.481 e. The van der Waals surface area contributed by atoms with Crippen molar-refractivity contribution in [1.82, 2.24) is 5.32 Å². The number of benzene rings is 1. The van der Waals surface area contributed by atoms with Crippen molar-refractivity contribution in [2.75, 3.05) is 0 Å². The van der Waals surface area contributed by atoms with E-state index < -0.39 is 11.9 Å². The van der Waals surface area contributed by atoms with Crippen molar-refractivity contribution < 1.29 is 14.7 Å². The van der Waals surface area contributed by atoms with Gasteiger partial charge in [-0.05, 0) is 17.9 Å². The van der Waals surface area contributed by atoms with Gasteiger partial charge in [-0.2, -0.15) is 0 Å². The standard InChI is InChI=1S/C15H19NO3/c1-9(2)13(10-6-4-3-5-7-10)16-14(17)11-8-12(11)15(18)19/h3-7,9,11-13H,8H2,1-2H3,(H,16,17)(H,18,19). The van der Waals surface area contributed by atoms with Crippen LogP contribution in [0.1, 0.15) is 31.9 Å². The van der Waals surface area contributed by atoms with Crippen LogP contribution in [0.5, 0.6) is 0 Å². The average molecular weight is 261 g/mol. The molecule has 19 heavy (non-hydrogen) atoms. The molecule has 1 aromatic carbocycles. The van der Waals surface area contributed by atoms with Crippen molar-refractivity contribution in [3.63, 3.8) is 0 Å². The third kappa shape index (κ3) is 3.13. The van der Waals surface area contributed by atoms with Crippen LogP contribution in [0.15, 0.2) is 30.3 Å². The van der Waals surface area contributed by atoms with E-state index in [4.69, 9.17) is 5.11 Å². The molecule has 1 fully saturated rings. The summed E-state index contributed by atoms with van der Waals surface area (Å²) in [4.78, 5) is 22.8. The lowest BCUT2D eigenvalue weighted by molar-refractivity contribution is -0.140. The molecule has 0 aliphatic heterocycles. The normalized spacial score (nSPS) is 22.9. The number of amides is 1. The number of rotatable bonds is 5. The second-order valence-electron chi connectivity index (χ2n) is 5.43. The second-order valence-corrected chi connectivity index (χ2v) is 5.43. The maximum Gasteiger partial charge on any atom is 0.307 e. The largest absolute Gasteiger partial charge is 0.481 e. The van der Waals surface area contributed by atoms with Crippen molar-refractivity contribution in [3.05, 3.63) is 35.9 Å². The molecule has 1 aliphatic rings. The lowest BCUT2D eigenvalue weighted by Gasteiger charge is -2.23. The Bertz CT molecular complexity index is 470. The van der Waals surface area contributed by atoms with Crippen molar-refractivity contribution >= 4 is 11.9 Å². The number of carboxylic acids is 1. The Hall–Kier alpha value is -1.84. The first-order valence-corrected chi connectivity index (χ1v) is 6.59. The van der Waals surface area contributed by atoms with Gasteiger partial charge in [-0.3, -0.25) is 9.59 Å². The summed E-state index contributed by atoms with van der Waals surface area (Å²) in [5.74, 6) is -1.62. The molecule has 2 rings (SSSR count). The third-order valence-corrected chi connectivity index (χ3v) is 3.57. The highest BCUT2D eigenvalue weighted by Crippen LogP contribution is 2.39. The first-order chi connectivity index (χ1) is 9.00. The molecule has 4 heteroatoms. The van der Waals surface area contributed by atoms with E-state index in [0.717, 1.165) is 5.56 Å². The number of nitrogens with one attached hydrogen (secondary N) is 1. The van der Waals surface area contributed by atoms with Gasteiger partial charge < -0.3 is 10.4 Å². The summed E-state index contributed by atoms with van der Waals surface area (Å²) in [7, 11) is 0. The van der Waals surface area contributed by atoms with Crippen molar-refractivity contribution in [1.29, 1.82) is 0 Å². The van der Waals surface area contributed by atoms with Crippen molar-refractivity contribution in [2.45, 2.75) is 26.3 Å². The van der Waals surface area contributed by atoms with E-state index in [1.165, 1.54) is 0 Å². The van der Waals surface area contributed by atoms with Crippen LogP contribution in [0.4, 0.5) is 0 Å². The maximum absolute atomic E-state index is 12.0. The highest BCUT2D eigenvalue weighted by Gasteiger charge is 2.48. The summed E-state index contributed by atoms with van der Waals surface area (Å²) < 4.78 is 0. The summed E-state index contributed by atoms with van der Waals surface area (Å²) in [5.41, 5.74) is 1.05. The smallest absolute Gasteiger partial charge is 0.307 e. The quantitative estimate of drug-likeness (QED) is 0.854. The van der Waals surface area contributed by atoms with Gasteiger partial charge in [0.2, 0.25) is 5.91 Å². The summed E-state index contributed by atoms with van der Waals surface area (Å²) in [6.45, 7) is 4.08. The van der Waals surface area contributed by atoms with E-state index >= 15 is 0 Å². The van der Waals surface area contributed by atoms with Crippen LogP contribution in [0.2, 0.25) is 0 Å². The Labute approximate surface area is 112 Å². The summed E-state index contributed by atoms with van der Waals surface area (Å²) in [5, 5.41) is 11.8. The van der Waals surface area contributed by atoms with Crippen molar-refractivity contribution in [3.8, 4) is 0 Å². The number of hydrogen-bond donors (Lipinski definition) is 2. The first kappa shape index (κ1) is 13.6. The zero-order chi connectivity index (χ0) is 14.0. The summed E-state index contributed by atoms with van der Waals surface area (Å²) >= 11 is 0. The molecule has 2 N–H and O–H groups in total. The Kier molecular flexibility index (Phi) is 3.88. The van der Waals surface area contributed by atoms with Gasteiger partial charge in [0.25, 0.3) is 0 Å². The van der Waals surface area contributed by atoms with Gasteiger partial charge in [0.1, 0.15) is 0 Å². The Morgan fingerprint density at radius 3 is 2.32 bits per heavy atom. The van der Waals surface area contributed by atoms with Crippen LogP contribution >= 0.6 is 0 Å². The monoisotopic (exact) mass is 261 g/mol. The second kappa shape index (κ2) is 5.43. The molecule has 0 radical (unpaired) electrons. The predicted molar refractivity (Wildman–Crippen MR) is 71.4 cm³/mol. The fourth-order valence-electron chi connectivity index (χ4n) is 2.31. The Morgan fingerprint density at radius 1 is 1.21 bits per heavy atom. The van der Waals surface area contributed by atoms with E-state index in [-0.39, 0.29) is 23.8 Å². The van der Waals surface area contributed by atoms with Gasteiger partial charge in [0.15, 0.2) is 0 Å². The van der Waals surface area contributed by atoms with Crippen LogP contribution in [0.25, 0.3) is 0 Å². The molecule has 0 spiro atoms. The molecule has 0 saturated heterocycles. The molecule has 3 unspecified atom stereocenters. The fraction of sp³-hybridized carbons (Fsp3) is 0.467. The van der Waals surface area contributed by atoms with Crippen LogP contribution in [-0.4, -0.2) is 17.0 Å². The van der Waals surface area contributed by atoms with E-state index in [9.17, 15) is 9.59 Å². The topological polar surface area (TPSA) is 66.4 Å². The minimum absolute atomic E-state index is 0.0660. The Morgan fingerprint density at radius 2 is 1.84 bits per heavy atom. The number of hydrogen-bond acceptors (Lipinski definition) is 2. The van der Waals surface area contributed by atoms with Gasteiger partial charge in [-0.15, -0.1) is 0 Å². The van der Waals surface area contributed by atoms with E-state index in [1.807, 2.05) is 44.2 Å². The molecule has 1 saturated carbocycles. The molecular weight excluding hydrogens is 242 g/mol. The van der Waals surface area contributed by atoms with Gasteiger partial charge in [-0.1, -0.05) is 44.2 Å². The molecule has 0 aromatic heterocycles. The zero-order valence-corrected chi connectivity index (χ0v) is 11.2. The molecular formula is C15H19NO3. The summed E-state index contributed by atoms with van der Waals surface area (Å²) in [6.07, 6.45) is 0.459. The molecule has 4 nitrogen and oxygen atoms in total. The van der Waals surface area contributed by atoms with Crippen LogP contribution < -0.4 is 5.32 Å². The molecule has 0 heterocycles. The molecule has 3 atom stereocenters. The van der Waals surface area contributed by atoms with Crippen LogP contribution in [0, 0.1) is 17.8 Å². The maximum atomic E-state index is 12.0.